The van der Waals surface area contributed by atoms with Crippen molar-refractivity contribution in [3.05, 3.63) is 24.3 Å². The number of ether oxygens (including phenoxy) is 2. The lowest BCUT2D eigenvalue weighted by Crippen LogP contribution is -2.11. The highest BCUT2D eigenvalue weighted by Gasteiger charge is 2.06. The molecule has 106 valence electrons. The van der Waals surface area contributed by atoms with Crippen molar-refractivity contribution < 1.29 is 9.47 Å². The van der Waals surface area contributed by atoms with Gasteiger partial charge in [-0.2, -0.15) is 9.97 Å². The second kappa shape index (κ2) is 5.93. The van der Waals surface area contributed by atoms with E-state index in [-0.39, 0.29) is 5.95 Å². The number of nitrogens with one attached hydrogen (secondary N) is 2. The number of aromatic nitrogens is 2. The van der Waals surface area contributed by atoms with Gasteiger partial charge >= 0.3 is 0 Å². The Bertz CT molecular complexity index is 604. The van der Waals surface area contributed by atoms with Crippen LogP contribution in [0.15, 0.2) is 24.3 Å². The first-order valence-corrected chi connectivity index (χ1v) is 5.76. The summed E-state index contributed by atoms with van der Waals surface area (Å²) in [6.45, 7) is 0. The van der Waals surface area contributed by atoms with Crippen LogP contribution < -0.4 is 31.8 Å². The van der Waals surface area contributed by atoms with Crippen molar-refractivity contribution in [2.45, 2.75) is 0 Å². The molecule has 0 saturated heterocycles. The molecule has 0 bridgehead atoms. The van der Waals surface area contributed by atoms with Crippen LogP contribution in [0.3, 0.4) is 0 Å². The van der Waals surface area contributed by atoms with Crippen LogP contribution in [0.25, 0.3) is 0 Å². The standard InChI is InChI=1S/C12H16N6O2/c1-19-8-4-3-7(5-9(8)20-2)15-10-6-11(18-14)17-12(13)16-10/h3-6H,14H2,1-2H3,(H4,13,15,16,17,18). The van der Waals surface area contributed by atoms with E-state index in [0.717, 1.165) is 5.69 Å². The number of rotatable bonds is 5. The van der Waals surface area contributed by atoms with E-state index in [1.165, 1.54) is 0 Å². The molecule has 0 amide bonds. The summed E-state index contributed by atoms with van der Waals surface area (Å²) in [6, 6.07) is 7.03. The van der Waals surface area contributed by atoms with E-state index >= 15 is 0 Å². The van der Waals surface area contributed by atoms with Crippen LogP contribution in [-0.4, -0.2) is 24.2 Å². The van der Waals surface area contributed by atoms with Gasteiger partial charge in [0.2, 0.25) is 5.95 Å². The highest BCUT2D eigenvalue weighted by molar-refractivity contribution is 5.63. The van der Waals surface area contributed by atoms with E-state index < -0.39 is 0 Å². The summed E-state index contributed by atoms with van der Waals surface area (Å²) in [6.07, 6.45) is 0. The van der Waals surface area contributed by atoms with Gasteiger partial charge in [-0.3, -0.25) is 0 Å². The number of hydrogen-bond acceptors (Lipinski definition) is 8. The van der Waals surface area contributed by atoms with Crippen molar-refractivity contribution in [2.24, 2.45) is 5.84 Å². The molecule has 20 heavy (non-hydrogen) atoms. The SMILES string of the molecule is COc1ccc(Nc2cc(NN)nc(N)n2)cc1OC. The van der Waals surface area contributed by atoms with Crippen LogP contribution in [-0.2, 0) is 0 Å². The number of benzene rings is 1. The van der Waals surface area contributed by atoms with E-state index in [2.05, 4.69) is 20.7 Å². The molecule has 0 aliphatic heterocycles. The Hall–Kier alpha value is -2.74. The molecular weight excluding hydrogens is 260 g/mol. The topological polar surface area (TPSA) is 120 Å². The van der Waals surface area contributed by atoms with Crippen molar-refractivity contribution in [3.8, 4) is 11.5 Å². The van der Waals surface area contributed by atoms with E-state index in [9.17, 15) is 0 Å². The average molecular weight is 276 g/mol. The van der Waals surface area contributed by atoms with E-state index in [1.807, 2.05) is 6.07 Å². The second-order valence-corrected chi connectivity index (χ2v) is 3.84. The molecule has 2 aromatic rings. The minimum atomic E-state index is 0.114. The van der Waals surface area contributed by atoms with Crippen molar-refractivity contribution in [3.63, 3.8) is 0 Å². The molecule has 0 aliphatic carbocycles. The van der Waals surface area contributed by atoms with E-state index in [1.54, 1.807) is 32.4 Å². The molecule has 6 N–H and O–H groups in total. The summed E-state index contributed by atoms with van der Waals surface area (Å²) in [4.78, 5) is 7.96. The van der Waals surface area contributed by atoms with Gasteiger partial charge in [0.1, 0.15) is 11.6 Å². The zero-order valence-electron chi connectivity index (χ0n) is 11.2. The van der Waals surface area contributed by atoms with Gasteiger partial charge in [0.15, 0.2) is 11.5 Å². The highest BCUT2D eigenvalue weighted by Crippen LogP contribution is 2.31. The molecule has 8 nitrogen and oxygen atoms in total. The molecule has 0 radical (unpaired) electrons. The van der Waals surface area contributed by atoms with Crippen LogP contribution in [0.1, 0.15) is 0 Å². The second-order valence-electron chi connectivity index (χ2n) is 3.84. The number of nitrogen functional groups attached to an aromatic ring is 2. The van der Waals surface area contributed by atoms with Crippen molar-refractivity contribution >= 4 is 23.3 Å². The van der Waals surface area contributed by atoms with Gasteiger partial charge in [-0.05, 0) is 12.1 Å². The normalized spacial score (nSPS) is 9.95. The molecule has 0 atom stereocenters. The first-order valence-electron chi connectivity index (χ1n) is 5.76. The maximum absolute atomic E-state index is 5.59. The zero-order chi connectivity index (χ0) is 14.5. The first kappa shape index (κ1) is 13.7. The van der Waals surface area contributed by atoms with Gasteiger partial charge in [-0.25, -0.2) is 5.84 Å². The smallest absolute Gasteiger partial charge is 0.223 e. The van der Waals surface area contributed by atoms with Crippen LogP contribution in [0, 0.1) is 0 Å². The molecule has 0 saturated carbocycles. The van der Waals surface area contributed by atoms with Crippen molar-refractivity contribution in [1.82, 2.24) is 9.97 Å². The molecule has 0 unspecified atom stereocenters. The van der Waals surface area contributed by atoms with Gasteiger partial charge < -0.3 is 25.9 Å². The molecule has 2 rings (SSSR count). The summed E-state index contributed by atoms with van der Waals surface area (Å²) in [5, 5.41) is 3.08. The number of nitrogens with zero attached hydrogens (tertiary/aromatic N) is 2. The van der Waals surface area contributed by atoms with Crippen LogP contribution in [0.2, 0.25) is 0 Å². The third kappa shape index (κ3) is 2.98. The molecule has 1 aromatic heterocycles. The predicted octanol–water partition coefficient (Wildman–Crippen LogP) is 1.11. The number of anilines is 4. The minimum absolute atomic E-state index is 0.114. The Morgan fingerprint density at radius 1 is 1.00 bits per heavy atom. The van der Waals surface area contributed by atoms with Crippen LogP contribution in [0.4, 0.5) is 23.3 Å². The Labute approximate surface area is 116 Å². The minimum Gasteiger partial charge on any atom is -0.493 e. The lowest BCUT2D eigenvalue weighted by Gasteiger charge is -2.11. The van der Waals surface area contributed by atoms with Gasteiger partial charge in [0.25, 0.3) is 0 Å². The summed E-state index contributed by atoms with van der Waals surface area (Å²) >= 11 is 0. The lowest BCUT2D eigenvalue weighted by atomic mass is 10.2. The number of hydrogen-bond donors (Lipinski definition) is 4. The third-order valence-corrected chi connectivity index (χ3v) is 2.55. The third-order valence-electron chi connectivity index (χ3n) is 2.55. The first-order chi connectivity index (χ1) is 9.66. The molecule has 0 aliphatic rings. The average Bonchev–Trinajstić information content (AvgIpc) is 2.46. The highest BCUT2D eigenvalue weighted by atomic mass is 16.5. The number of methoxy groups -OCH3 is 2. The Kier molecular flexibility index (Phi) is 4.06. The number of nitrogens with two attached hydrogens (primary N) is 2. The molecule has 8 heteroatoms. The van der Waals surface area contributed by atoms with E-state index in [0.29, 0.717) is 23.1 Å². The quantitative estimate of drug-likeness (QED) is 0.473. The number of hydrazine groups is 1. The monoisotopic (exact) mass is 276 g/mol. The Morgan fingerprint density at radius 2 is 1.70 bits per heavy atom. The predicted molar refractivity (Wildman–Crippen MR) is 77.1 cm³/mol. The maximum atomic E-state index is 5.59. The summed E-state index contributed by atoms with van der Waals surface area (Å²) in [7, 11) is 3.15. The van der Waals surface area contributed by atoms with Gasteiger partial charge in [-0.15, -0.1) is 0 Å². The molecule has 0 fully saturated rings. The van der Waals surface area contributed by atoms with Gasteiger partial charge in [0.05, 0.1) is 14.2 Å². The van der Waals surface area contributed by atoms with Crippen LogP contribution in [0.5, 0.6) is 11.5 Å². The molecule has 1 heterocycles. The van der Waals surface area contributed by atoms with Gasteiger partial charge in [0, 0.05) is 17.8 Å². The summed E-state index contributed by atoms with van der Waals surface area (Å²) in [5.41, 5.74) is 8.77. The molecular formula is C12H16N6O2. The summed E-state index contributed by atoms with van der Waals surface area (Å²) in [5.74, 6) is 7.60. The molecule has 1 aromatic carbocycles. The fourth-order valence-electron chi connectivity index (χ4n) is 1.67. The Morgan fingerprint density at radius 3 is 2.35 bits per heavy atom. The van der Waals surface area contributed by atoms with Crippen LogP contribution >= 0.6 is 0 Å². The zero-order valence-corrected chi connectivity index (χ0v) is 11.2. The van der Waals surface area contributed by atoms with Crippen molar-refractivity contribution in [1.29, 1.82) is 0 Å². The summed E-state index contributed by atoms with van der Waals surface area (Å²) < 4.78 is 10.4. The van der Waals surface area contributed by atoms with Gasteiger partial charge in [-0.1, -0.05) is 0 Å². The fourth-order valence-corrected chi connectivity index (χ4v) is 1.67. The lowest BCUT2D eigenvalue weighted by molar-refractivity contribution is 0.355. The largest absolute Gasteiger partial charge is 0.493 e. The fraction of sp³-hybridized carbons (Fsp3) is 0.167. The Balaban J connectivity index is 2.27. The van der Waals surface area contributed by atoms with Crippen molar-refractivity contribution in [2.75, 3.05) is 30.7 Å². The van der Waals surface area contributed by atoms with E-state index in [4.69, 9.17) is 21.1 Å². The maximum Gasteiger partial charge on any atom is 0.223 e. The molecule has 0 spiro atoms.